The van der Waals surface area contributed by atoms with E-state index < -0.39 is 11.6 Å². The second-order valence-corrected chi connectivity index (χ2v) is 6.29. The van der Waals surface area contributed by atoms with Gasteiger partial charge in [-0.1, -0.05) is 36.4 Å². The summed E-state index contributed by atoms with van der Waals surface area (Å²) in [5.41, 5.74) is 0.408. The number of amides is 1. The van der Waals surface area contributed by atoms with E-state index in [1.165, 1.54) is 6.07 Å². The number of halogens is 2. The van der Waals surface area contributed by atoms with Crippen LogP contribution in [0.15, 0.2) is 48.5 Å². The summed E-state index contributed by atoms with van der Waals surface area (Å²) in [6.07, 6.45) is 1.09. The lowest BCUT2D eigenvalue weighted by Crippen LogP contribution is -2.43. The van der Waals surface area contributed by atoms with Gasteiger partial charge in [0.15, 0.2) is 5.78 Å². The van der Waals surface area contributed by atoms with E-state index in [2.05, 4.69) is 0 Å². The van der Waals surface area contributed by atoms with Crippen LogP contribution in [0.5, 0.6) is 0 Å². The molecule has 3 nitrogen and oxygen atoms in total. The molecule has 1 saturated heterocycles. The molecule has 1 aliphatic heterocycles. The number of rotatable bonds is 4. The van der Waals surface area contributed by atoms with Crippen molar-refractivity contribution in [2.24, 2.45) is 5.92 Å². The van der Waals surface area contributed by atoms with Crippen molar-refractivity contribution in [3.05, 3.63) is 71.3 Å². The zero-order chi connectivity index (χ0) is 17.8. The van der Waals surface area contributed by atoms with Crippen molar-refractivity contribution < 1.29 is 18.4 Å². The number of carbonyl (C=O) groups is 2. The highest BCUT2D eigenvalue weighted by Crippen LogP contribution is 2.22. The quantitative estimate of drug-likeness (QED) is 0.795. The van der Waals surface area contributed by atoms with E-state index in [-0.39, 0.29) is 29.6 Å². The number of hydrogen-bond acceptors (Lipinski definition) is 2. The summed E-state index contributed by atoms with van der Waals surface area (Å²) in [6, 6.07) is 12.5. The number of nitrogens with zero attached hydrogens (tertiary/aromatic N) is 1. The van der Waals surface area contributed by atoms with E-state index in [0.29, 0.717) is 31.5 Å². The Morgan fingerprint density at radius 1 is 1.00 bits per heavy atom. The van der Waals surface area contributed by atoms with Crippen molar-refractivity contribution in [3.63, 3.8) is 0 Å². The first-order valence-electron chi connectivity index (χ1n) is 8.36. The van der Waals surface area contributed by atoms with Crippen molar-refractivity contribution >= 4 is 11.7 Å². The van der Waals surface area contributed by atoms with Gasteiger partial charge in [0.1, 0.15) is 11.6 Å². The smallest absolute Gasteiger partial charge is 0.227 e. The molecule has 0 N–H and O–H groups in total. The van der Waals surface area contributed by atoms with Gasteiger partial charge in [-0.05, 0) is 25.0 Å². The molecule has 1 amide bonds. The molecule has 0 saturated carbocycles. The van der Waals surface area contributed by atoms with E-state index in [1.807, 2.05) is 6.07 Å². The van der Waals surface area contributed by atoms with E-state index >= 15 is 0 Å². The summed E-state index contributed by atoms with van der Waals surface area (Å²) in [6.45, 7) is 0.802. The van der Waals surface area contributed by atoms with Crippen LogP contribution in [-0.4, -0.2) is 29.7 Å². The van der Waals surface area contributed by atoms with Gasteiger partial charge in [0.05, 0.1) is 6.42 Å². The Morgan fingerprint density at radius 3 is 2.36 bits per heavy atom. The van der Waals surface area contributed by atoms with E-state index in [9.17, 15) is 18.4 Å². The highest BCUT2D eigenvalue weighted by atomic mass is 19.1. The molecule has 0 radical (unpaired) electrons. The zero-order valence-electron chi connectivity index (χ0n) is 13.8. The molecular formula is C20H19F2NO2. The molecule has 1 atom stereocenters. The van der Waals surface area contributed by atoms with Gasteiger partial charge in [0.25, 0.3) is 0 Å². The molecule has 1 fully saturated rings. The predicted molar refractivity (Wildman–Crippen MR) is 90.1 cm³/mol. The first kappa shape index (κ1) is 17.3. The molecule has 2 aromatic carbocycles. The molecule has 0 aromatic heterocycles. The maximum Gasteiger partial charge on any atom is 0.227 e. The molecule has 1 heterocycles. The first-order chi connectivity index (χ1) is 12.1. The molecule has 0 spiro atoms. The number of hydrogen-bond donors (Lipinski definition) is 0. The van der Waals surface area contributed by atoms with Crippen LogP contribution in [0.25, 0.3) is 0 Å². The highest BCUT2D eigenvalue weighted by molar-refractivity contribution is 5.98. The van der Waals surface area contributed by atoms with Gasteiger partial charge in [-0.25, -0.2) is 8.78 Å². The van der Waals surface area contributed by atoms with Crippen molar-refractivity contribution in [1.29, 1.82) is 0 Å². The third-order valence-electron chi connectivity index (χ3n) is 4.59. The Morgan fingerprint density at radius 2 is 1.68 bits per heavy atom. The monoisotopic (exact) mass is 343 g/mol. The van der Waals surface area contributed by atoms with Crippen molar-refractivity contribution in [3.8, 4) is 0 Å². The first-order valence-corrected chi connectivity index (χ1v) is 8.36. The summed E-state index contributed by atoms with van der Waals surface area (Å²) >= 11 is 0. The third kappa shape index (κ3) is 3.92. The number of likely N-dealkylation sites (tertiary alicyclic amines) is 1. The summed E-state index contributed by atoms with van der Waals surface area (Å²) < 4.78 is 27.5. The standard InChI is InChI=1S/C20H19F2NO2/c21-17-9-4-10-18(22)16(17)12-19(24)23-11-5-8-15(13-23)20(25)14-6-2-1-3-7-14/h1-4,6-7,9-10,15H,5,8,11-13H2/t15-/m0/s1. The van der Waals surface area contributed by atoms with Crippen LogP contribution in [0.1, 0.15) is 28.8 Å². The average molecular weight is 343 g/mol. The number of carbonyl (C=O) groups excluding carboxylic acids is 2. The van der Waals surface area contributed by atoms with Gasteiger partial charge >= 0.3 is 0 Å². The zero-order valence-corrected chi connectivity index (χ0v) is 13.8. The fourth-order valence-electron chi connectivity index (χ4n) is 3.22. The Bertz CT molecular complexity index is 756. The molecule has 25 heavy (non-hydrogen) atoms. The topological polar surface area (TPSA) is 37.4 Å². The van der Waals surface area contributed by atoms with Crippen LogP contribution in [0.3, 0.4) is 0 Å². The minimum absolute atomic E-state index is 0.00942. The lowest BCUT2D eigenvalue weighted by molar-refractivity contribution is -0.132. The van der Waals surface area contributed by atoms with Crippen LogP contribution in [-0.2, 0) is 11.2 Å². The molecule has 0 bridgehead atoms. The van der Waals surface area contributed by atoms with E-state index in [0.717, 1.165) is 12.1 Å². The molecule has 5 heteroatoms. The second-order valence-electron chi connectivity index (χ2n) is 6.29. The van der Waals surface area contributed by atoms with Gasteiger partial charge in [-0.2, -0.15) is 0 Å². The predicted octanol–water partition coefficient (Wildman–Crippen LogP) is 3.63. The van der Waals surface area contributed by atoms with Gasteiger partial charge < -0.3 is 4.90 Å². The van der Waals surface area contributed by atoms with Gasteiger partial charge in [-0.3, -0.25) is 9.59 Å². The van der Waals surface area contributed by atoms with Crippen LogP contribution >= 0.6 is 0 Å². The molecule has 1 aliphatic rings. The molecule has 0 unspecified atom stereocenters. The Balaban J connectivity index is 1.69. The molecule has 130 valence electrons. The van der Waals surface area contributed by atoms with Crippen LogP contribution in [0, 0.1) is 17.6 Å². The fraction of sp³-hybridized carbons (Fsp3) is 0.300. The summed E-state index contributed by atoms with van der Waals surface area (Å²) in [4.78, 5) is 26.6. The Kier molecular flexibility index (Phi) is 5.22. The van der Waals surface area contributed by atoms with Gasteiger partial charge in [0.2, 0.25) is 5.91 Å². The van der Waals surface area contributed by atoms with Crippen LogP contribution in [0.4, 0.5) is 8.78 Å². The summed E-state index contributed by atoms with van der Waals surface area (Å²) in [5.74, 6) is -2.06. The molecule has 3 rings (SSSR count). The van der Waals surface area contributed by atoms with Crippen LogP contribution < -0.4 is 0 Å². The largest absolute Gasteiger partial charge is 0.342 e. The van der Waals surface area contributed by atoms with Crippen molar-refractivity contribution in [1.82, 2.24) is 4.90 Å². The molecule has 2 aromatic rings. The number of ketones is 1. The third-order valence-corrected chi connectivity index (χ3v) is 4.59. The summed E-state index contributed by atoms with van der Waals surface area (Å²) in [7, 11) is 0. The maximum absolute atomic E-state index is 13.7. The second kappa shape index (κ2) is 7.55. The normalized spacial score (nSPS) is 17.4. The fourth-order valence-corrected chi connectivity index (χ4v) is 3.22. The minimum Gasteiger partial charge on any atom is -0.342 e. The average Bonchev–Trinajstić information content (AvgIpc) is 2.65. The lowest BCUT2D eigenvalue weighted by Gasteiger charge is -2.32. The number of benzene rings is 2. The van der Waals surface area contributed by atoms with E-state index in [1.54, 1.807) is 29.2 Å². The van der Waals surface area contributed by atoms with Gasteiger partial charge in [0, 0.05) is 30.1 Å². The number of Topliss-reactive ketones (excluding diaryl/α,β-unsaturated/α-hetero) is 1. The van der Waals surface area contributed by atoms with E-state index in [4.69, 9.17) is 0 Å². The summed E-state index contributed by atoms with van der Waals surface area (Å²) in [5, 5.41) is 0. The maximum atomic E-state index is 13.7. The highest BCUT2D eigenvalue weighted by Gasteiger charge is 2.29. The van der Waals surface area contributed by atoms with Gasteiger partial charge in [-0.15, -0.1) is 0 Å². The Hall–Kier alpha value is -2.56. The molecule has 0 aliphatic carbocycles. The Labute approximate surface area is 145 Å². The minimum atomic E-state index is -0.720. The lowest BCUT2D eigenvalue weighted by atomic mass is 9.89. The van der Waals surface area contributed by atoms with Crippen LogP contribution in [0.2, 0.25) is 0 Å². The van der Waals surface area contributed by atoms with Crippen molar-refractivity contribution in [2.45, 2.75) is 19.3 Å². The SMILES string of the molecule is O=C(c1ccccc1)[C@H]1CCCN(C(=O)Cc2c(F)cccc2F)C1. The van der Waals surface area contributed by atoms with Crippen molar-refractivity contribution in [2.75, 3.05) is 13.1 Å². The molecular weight excluding hydrogens is 324 g/mol. The number of piperidine rings is 1.